The van der Waals surface area contributed by atoms with Crippen molar-refractivity contribution in [3.05, 3.63) is 170 Å². The van der Waals surface area contributed by atoms with Crippen LogP contribution in [-0.2, 0) is 20.1 Å². The van der Waals surface area contributed by atoms with E-state index in [0.29, 0.717) is 5.52 Å². The molecule has 0 saturated carbocycles. The zero-order valence-corrected chi connectivity index (χ0v) is 34.1. The van der Waals surface area contributed by atoms with E-state index >= 15 is 0 Å². The second-order valence-corrected chi connectivity index (χ2v) is 12.7. The number of alkyl halides is 6. The minimum absolute atomic E-state index is 0. The molecule has 15 heteroatoms. The van der Waals surface area contributed by atoms with E-state index in [1.165, 1.54) is 0 Å². The Morgan fingerprint density at radius 2 is 0.820 bits per heavy atom. The van der Waals surface area contributed by atoms with Crippen LogP contribution < -0.4 is 0 Å². The van der Waals surface area contributed by atoms with Crippen LogP contribution >= 0.6 is 0 Å². The minimum Gasteiger partial charge on any atom is -0.506 e. The predicted octanol–water partition coefficient (Wildman–Crippen LogP) is 12.5. The largest absolute Gasteiger partial charge is 0.506 e. The number of phenolic OH excluding ortho intramolecular Hbond substituents is 1. The molecule has 0 bridgehead atoms. The van der Waals surface area contributed by atoms with Crippen LogP contribution in [0.1, 0.15) is 21.3 Å². The Balaban J connectivity index is 0.000000183. The zero-order valence-electron chi connectivity index (χ0n) is 31.7. The third-order valence-electron chi connectivity index (χ3n) is 7.98. The fourth-order valence-corrected chi connectivity index (χ4v) is 5.63. The molecule has 0 spiro atoms. The Hall–Kier alpha value is -6.70. The van der Waals surface area contributed by atoms with Crippen molar-refractivity contribution in [1.29, 1.82) is 0 Å². The Kier molecular flexibility index (Phi) is 16.2. The van der Waals surface area contributed by atoms with Gasteiger partial charge in [0, 0.05) is 45.5 Å². The first-order chi connectivity index (χ1) is 28.2. The van der Waals surface area contributed by atoms with Crippen molar-refractivity contribution in [3.63, 3.8) is 0 Å². The quantitative estimate of drug-likeness (QED) is 0.137. The number of pyridine rings is 1. The second kappa shape index (κ2) is 21.0. The Morgan fingerprint density at radius 3 is 1.21 bits per heavy atom. The molecule has 0 atom stereocenters. The number of hydrogen-bond acceptors (Lipinski definition) is 6. The molecule has 0 fully saturated rings. The molecule has 3 aromatic heterocycles. The van der Waals surface area contributed by atoms with E-state index in [1.54, 1.807) is 27.9 Å². The molecule has 0 saturated heterocycles. The van der Waals surface area contributed by atoms with Gasteiger partial charge >= 0.3 is 12.4 Å². The summed E-state index contributed by atoms with van der Waals surface area (Å²) in [7, 11) is 0. The van der Waals surface area contributed by atoms with E-state index in [1.807, 2.05) is 115 Å². The van der Waals surface area contributed by atoms with E-state index in [4.69, 9.17) is 0 Å². The van der Waals surface area contributed by atoms with Crippen molar-refractivity contribution < 1.29 is 51.6 Å². The van der Waals surface area contributed by atoms with E-state index in [0.717, 1.165) is 60.4 Å². The van der Waals surface area contributed by atoms with E-state index in [9.17, 15) is 31.4 Å². The maximum atomic E-state index is 10.4. The number of nitrogens with zero attached hydrogens (tertiary/aromatic N) is 7. The average molecular weight is 1010 g/mol. The minimum atomic E-state index is -4.00. The zero-order chi connectivity index (χ0) is 42.0. The number of fused-ring (bicyclic) bond motifs is 5. The number of aromatic hydroxyl groups is 1. The summed E-state index contributed by atoms with van der Waals surface area (Å²) in [4.78, 5) is 7.35. The van der Waals surface area contributed by atoms with Crippen LogP contribution in [0.4, 0.5) is 26.3 Å². The third kappa shape index (κ3) is 13.4. The molecule has 8 nitrogen and oxygen atoms in total. The van der Waals surface area contributed by atoms with Gasteiger partial charge in [0.15, 0.2) is 0 Å². The first-order valence-corrected chi connectivity index (χ1v) is 17.8. The van der Waals surface area contributed by atoms with E-state index in [-0.39, 0.29) is 47.1 Å². The molecule has 0 aliphatic heterocycles. The van der Waals surface area contributed by atoms with Gasteiger partial charge in [-0.3, -0.25) is 4.98 Å². The molecule has 0 amide bonds. The number of aromatic nitrogens is 7. The molecule has 10 rings (SSSR count). The number of halogens is 6. The summed E-state index contributed by atoms with van der Waals surface area (Å²) < 4.78 is 62.1. The average Bonchev–Trinajstić information content (AvgIpc) is 3.85. The van der Waals surface area contributed by atoms with Crippen molar-refractivity contribution in [1.82, 2.24) is 35.0 Å². The summed E-state index contributed by atoms with van der Waals surface area (Å²) in [6.45, 7) is 0.375. The second-order valence-electron chi connectivity index (χ2n) is 12.7. The fraction of sp³-hybridized carbons (Fsp3) is 0.109. The molecule has 7 aromatic carbocycles. The van der Waals surface area contributed by atoms with Crippen LogP contribution in [0.3, 0.4) is 0 Å². The van der Waals surface area contributed by atoms with Gasteiger partial charge < -0.3 is 5.11 Å². The topological polar surface area (TPSA) is 94.5 Å². The molecular formula is C46H37F6IrN7O-2. The van der Waals surface area contributed by atoms with Crippen molar-refractivity contribution in [2.24, 2.45) is 0 Å². The molecular weight excluding hydrogens is 973 g/mol. The molecule has 315 valence electrons. The number of para-hydroxylation sites is 1. The van der Waals surface area contributed by atoms with Gasteiger partial charge in [-0.1, -0.05) is 86.3 Å². The summed E-state index contributed by atoms with van der Waals surface area (Å²) in [6, 6.07) is 55.6. The number of phenols is 1. The summed E-state index contributed by atoms with van der Waals surface area (Å²) in [6.07, 6.45) is -6.33. The smallest absolute Gasteiger partial charge is 0.386 e. The molecule has 10 aromatic rings. The maximum absolute atomic E-state index is 10.4. The summed E-state index contributed by atoms with van der Waals surface area (Å²) >= 11 is 0. The van der Waals surface area contributed by atoms with Gasteiger partial charge in [-0.05, 0) is 47.8 Å². The standard InChI is InChI=1S/2C16H10N3.C9H7NO.2C2H3F3.CH4.Ir/c2*1-2-8-13-12(6-1)7-5-11-16(13)19-17-14-9-3-4-10-15(14)18-19;11-8-5-1-3-7-4-2-6-10-9(7)8;2*1-2(3,4)5;;/h2*1-10H;1-6,11H;2*1H3;1H4;/q2*-1;;;;;. The van der Waals surface area contributed by atoms with Crippen LogP contribution in [0.25, 0.3) is 65.9 Å². The molecule has 0 aliphatic rings. The fourth-order valence-electron chi connectivity index (χ4n) is 5.63. The molecule has 1 radical (unpaired) electrons. The SMILES string of the molecule is C.CC(F)(F)F.CC(F)(F)F.Oc1cccc2cccnc12.[Ir].[c-]1ccc2ccccc2c1-n1nc2ccccc2n1.[c-]1ccc2ccccc2c1-n1nc2ccccc2n1. The number of rotatable bonds is 2. The van der Waals surface area contributed by atoms with Crippen LogP contribution in [0.15, 0.2) is 158 Å². The van der Waals surface area contributed by atoms with Crippen molar-refractivity contribution >= 4 is 54.5 Å². The van der Waals surface area contributed by atoms with Gasteiger partial charge in [0.2, 0.25) is 0 Å². The molecule has 0 aliphatic carbocycles. The predicted molar refractivity (Wildman–Crippen MR) is 224 cm³/mol. The Morgan fingerprint density at radius 1 is 0.475 bits per heavy atom. The van der Waals surface area contributed by atoms with Gasteiger partial charge in [0.05, 0.1) is 0 Å². The molecule has 3 heterocycles. The van der Waals surface area contributed by atoms with Gasteiger partial charge in [0.25, 0.3) is 0 Å². The summed E-state index contributed by atoms with van der Waals surface area (Å²) in [5, 5.41) is 32.8. The maximum Gasteiger partial charge on any atom is 0.386 e. The van der Waals surface area contributed by atoms with Crippen LogP contribution in [0, 0.1) is 12.1 Å². The van der Waals surface area contributed by atoms with Crippen LogP contribution in [0.5, 0.6) is 5.75 Å². The number of benzene rings is 7. The van der Waals surface area contributed by atoms with Gasteiger partial charge in [0.1, 0.15) is 33.3 Å². The van der Waals surface area contributed by atoms with Crippen molar-refractivity contribution in [2.75, 3.05) is 0 Å². The third-order valence-corrected chi connectivity index (χ3v) is 7.98. The number of hydrogen-bond donors (Lipinski definition) is 1. The van der Waals surface area contributed by atoms with Crippen molar-refractivity contribution in [2.45, 2.75) is 33.6 Å². The first-order valence-electron chi connectivity index (χ1n) is 17.8. The molecule has 61 heavy (non-hydrogen) atoms. The van der Waals surface area contributed by atoms with Crippen LogP contribution in [0.2, 0.25) is 0 Å². The van der Waals surface area contributed by atoms with Gasteiger partial charge in [-0.25, -0.2) is 0 Å². The van der Waals surface area contributed by atoms with Gasteiger partial charge in [-0.2, -0.15) is 92.7 Å². The molecule has 1 N–H and O–H groups in total. The molecule has 0 unspecified atom stereocenters. The van der Waals surface area contributed by atoms with E-state index in [2.05, 4.69) is 61.8 Å². The normalized spacial score (nSPS) is 10.8. The summed E-state index contributed by atoms with van der Waals surface area (Å²) in [5.74, 6) is 0.239. The van der Waals surface area contributed by atoms with Gasteiger partial charge in [-0.15, -0.1) is 33.7 Å². The Labute approximate surface area is 360 Å². The van der Waals surface area contributed by atoms with E-state index < -0.39 is 12.4 Å². The van der Waals surface area contributed by atoms with Crippen molar-refractivity contribution in [3.8, 4) is 17.1 Å². The van der Waals surface area contributed by atoms with Crippen LogP contribution in [-0.4, -0.2) is 52.4 Å². The monoisotopic (exact) mass is 1010 g/mol. The summed E-state index contributed by atoms with van der Waals surface area (Å²) in [5.41, 5.74) is 6.00. The Bertz CT molecular complexity index is 2690. The first kappa shape index (κ1) is 47.0.